The second-order valence-corrected chi connectivity index (χ2v) is 6.59. The van der Waals surface area contributed by atoms with E-state index in [0.717, 1.165) is 18.4 Å². The van der Waals surface area contributed by atoms with E-state index in [2.05, 4.69) is 4.98 Å². The van der Waals surface area contributed by atoms with Crippen molar-refractivity contribution in [2.24, 2.45) is 5.73 Å². The summed E-state index contributed by atoms with van der Waals surface area (Å²) < 4.78 is 16.3. The molecule has 1 aromatic carbocycles. The third-order valence-electron chi connectivity index (χ3n) is 5.04. The van der Waals surface area contributed by atoms with Gasteiger partial charge in [0.1, 0.15) is 5.82 Å². The monoisotopic (exact) mass is 354 g/mol. The molecule has 1 aromatic heterocycles. The van der Waals surface area contributed by atoms with Crippen LogP contribution in [0.3, 0.4) is 0 Å². The van der Waals surface area contributed by atoms with Crippen LogP contribution in [-0.4, -0.2) is 28.7 Å². The zero-order valence-corrected chi connectivity index (χ0v) is 14.2. The van der Waals surface area contributed by atoms with Gasteiger partial charge in [0.2, 0.25) is 0 Å². The van der Waals surface area contributed by atoms with E-state index in [1.54, 1.807) is 4.57 Å². The summed E-state index contributed by atoms with van der Waals surface area (Å²) in [6.45, 7) is 3.23. The smallest absolute Gasteiger partial charge is 0.329 e. The highest BCUT2D eigenvalue weighted by molar-refractivity contribution is 5.88. The molecule has 3 N–H and O–H groups in total. The van der Waals surface area contributed by atoms with Crippen molar-refractivity contribution in [3.63, 3.8) is 0 Å². The fourth-order valence-corrected chi connectivity index (χ4v) is 3.93. The molecule has 0 aliphatic carbocycles. The molecule has 0 bridgehead atoms. The molecule has 2 atom stereocenters. The molecular weight excluding hydrogens is 335 g/mol. The first-order chi connectivity index (χ1) is 11.0. The van der Waals surface area contributed by atoms with Crippen LogP contribution in [0.25, 0.3) is 10.9 Å². The molecule has 0 amide bonds. The van der Waals surface area contributed by atoms with Crippen LogP contribution in [0.1, 0.15) is 31.4 Å². The number of nitrogens with two attached hydrogens (primary N) is 1. The Morgan fingerprint density at radius 2 is 2.08 bits per heavy atom. The summed E-state index contributed by atoms with van der Waals surface area (Å²) >= 11 is 0. The van der Waals surface area contributed by atoms with Crippen molar-refractivity contribution in [3.05, 3.63) is 38.3 Å². The van der Waals surface area contributed by atoms with Crippen molar-refractivity contribution in [1.82, 2.24) is 9.55 Å². The van der Waals surface area contributed by atoms with Gasteiger partial charge in [0.25, 0.3) is 5.56 Å². The Morgan fingerprint density at radius 1 is 1.33 bits per heavy atom. The molecule has 1 saturated heterocycles. The number of aromatic nitrogens is 2. The summed E-state index contributed by atoms with van der Waals surface area (Å²) in [7, 11) is 0. The van der Waals surface area contributed by atoms with Crippen LogP contribution in [0.2, 0.25) is 0 Å². The minimum atomic E-state index is -0.528. The lowest BCUT2D eigenvalue weighted by Gasteiger charge is -2.30. The Balaban J connectivity index is 0.00000169. The fraction of sp³-hybridized carbons (Fsp3) is 0.500. The summed E-state index contributed by atoms with van der Waals surface area (Å²) in [6.07, 6.45) is 2.21. The molecule has 2 aromatic rings. The number of halogens is 2. The second kappa shape index (κ2) is 5.89. The van der Waals surface area contributed by atoms with Crippen molar-refractivity contribution >= 4 is 29.0 Å². The van der Waals surface area contributed by atoms with E-state index in [1.807, 2.05) is 11.8 Å². The molecule has 0 radical (unpaired) electrons. The van der Waals surface area contributed by atoms with Crippen LogP contribution in [0.5, 0.6) is 0 Å². The maximum Gasteiger partial charge on any atom is 0.329 e. The highest BCUT2D eigenvalue weighted by Crippen LogP contribution is 2.37. The summed E-state index contributed by atoms with van der Waals surface area (Å²) in [6, 6.07) is 1.26. The Labute approximate surface area is 143 Å². The van der Waals surface area contributed by atoms with Crippen molar-refractivity contribution < 1.29 is 4.39 Å². The zero-order chi connectivity index (χ0) is 16.3. The van der Waals surface area contributed by atoms with Gasteiger partial charge in [-0.3, -0.25) is 14.3 Å². The highest BCUT2D eigenvalue weighted by atomic mass is 35.5. The third kappa shape index (κ3) is 2.34. The SMILES string of the molecule is CC1CCc2c(N3CC[C@H](N)C3)c(F)cc3c(=O)[nH]c(=O)n1c23.Cl. The van der Waals surface area contributed by atoms with Gasteiger partial charge in [-0.15, -0.1) is 12.4 Å². The van der Waals surface area contributed by atoms with E-state index in [9.17, 15) is 14.0 Å². The summed E-state index contributed by atoms with van der Waals surface area (Å²) in [4.78, 5) is 28.6. The van der Waals surface area contributed by atoms with Gasteiger partial charge < -0.3 is 10.6 Å². The van der Waals surface area contributed by atoms with Crippen molar-refractivity contribution in [2.45, 2.75) is 38.3 Å². The number of hydrogen-bond acceptors (Lipinski definition) is 4. The molecule has 1 fully saturated rings. The number of hydrogen-bond donors (Lipinski definition) is 2. The minimum Gasteiger partial charge on any atom is -0.367 e. The van der Waals surface area contributed by atoms with Crippen molar-refractivity contribution in [1.29, 1.82) is 0 Å². The molecule has 0 spiro atoms. The Bertz CT molecular complexity index is 923. The van der Waals surface area contributed by atoms with E-state index >= 15 is 0 Å². The number of anilines is 1. The van der Waals surface area contributed by atoms with E-state index in [1.165, 1.54) is 6.07 Å². The molecule has 2 aliphatic rings. The van der Waals surface area contributed by atoms with Crippen LogP contribution in [-0.2, 0) is 6.42 Å². The van der Waals surface area contributed by atoms with Crippen molar-refractivity contribution in [2.75, 3.05) is 18.0 Å². The summed E-state index contributed by atoms with van der Waals surface area (Å²) in [5.41, 5.74) is 6.85. The van der Waals surface area contributed by atoms with Gasteiger partial charge in [-0.2, -0.15) is 0 Å². The maximum atomic E-state index is 14.8. The van der Waals surface area contributed by atoms with E-state index in [0.29, 0.717) is 30.7 Å². The van der Waals surface area contributed by atoms with E-state index in [-0.39, 0.29) is 29.9 Å². The maximum absolute atomic E-state index is 14.8. The fourth-order valence-electron chi connectivity index (χ4n) is 3.93. The first-order valence-corrected chi connectivity index (χ1v) is 7.98. The molecule has 3 heterocycles. The number of aryl methyl sites for hydroxylation is 1. The molecule has 24 heavy (non-hydrogen) atoms. The highest BCUT2D eigenvalue weighted by Gasteiger charge is 2.30. The minimum absolute atomic E-state index is 0. The largest absolute Gasteiger partial charge is 0.367 e. The van der Waals surface area contributed by atoms with Crippen LogP contribution in [0.15, 0.2) is 15.7 Å². The van der Waals surface area contributed by atoms with E-state index < -0.39 is 17.1 Å². The van der Waals surface area contributed by atoms with Crippen molar-refractivity contribution in [3.8, 4) is 0 Å². The van der Waals surface area contributed by atoms with Crippen LogP contribution < -0.4 is 21.9 Å². The quantitative estimate of drug-likeness (QED) is 0.808. The van der Waals surface area contributed by atoms with Gasteiger partial charge >= 0.3 is 5.69 Å². The van der Waals surface area contributed by atoms with Gasteiger partial charge in [-0.25, -0.2) is 9.18 Å². The van der Waals surface area contributed by atoms with Gasteiger partial charge in [0.15, 0.2) is 0 Å². The summed E-state index contributed by atoms with van der Waals surface area (Å²) in [5.74, 6) is -0.410. The van der Waals surface area contributed by atoms with Gasteiger partial charge in [0.05, 0.1) is 16.6 Å². The Morgan fingerprint density at radius 3 is 2.75 bits per heavy atom. The number of benzene rings is 1. The molecule has 130 valence electrons. The molecule has 8 heteroatoms. The Hall–Kier alpha value is -1.86. The number of nitrogens with one attached hydrogen (secondary N) is 1. The van der Waals surface area contributed by atoms with Crippen LogP contribution in [0.4, 0.5) is 10.1 Å². The molecule has 0 saturated carbocycles. The first kappa shape index (κ1) is 17.0. The molecular formula is C16H20ClFN4O2. The van der Waals surface area contributed by atoms with Gasteiger partial charge in [0, 0.05) is 30.7 Å². The standard InChI is InChI=1S/C16H19FN4O2.ClH/c1-8-2-3-10-13-11(15(22)19-16(23)21(8)13)6-12(17)14(10)20-5-4-9(18)7-20;/h6,8-9H,2-5,7,18H2,1H3,(H,19,22,23);1H/t8?,9-;/m0./s1. The number of H-pyrrole nitrogens is 1. The predicted octanol–water partition coefficient (Wildman–Crippen LogP) is 1.30. The van der Waals surface area contributed by atoms with Gasteiger partial charge in [-0.1, -0.05) is 0 Å². The second-order valence-electron chi connectivity index (χ2n) is 6.59. The van der Waals surface area contributed by atoms with Gasteiger partial charge in [-0.05, 0) is 32.3 Å². The Kier molecular flexibility index (Phi) is 4.17. The average molecular weight is 355 g/mol. The van der Waals surface area contributed by atoms with E-state index in [4.69, 9.17) is 5.73 Å². The number of nitrogens with zero attached hydrogens (tertiary/aromatic N) is 2. The molecule has 1 unspecified atom stereocenters. The van der Waals surface area contributed by atoms with Crippen LogP contribution in [0, 0.1) is 5.82 Å². The third-order valence-corrected chi connectivity index (χ3v) is 5.04. The molecule has 6 nitrogen and oxygen atoms in total. The zero-order valence-electron chi connectivity index (χ0n) is 13.3. The number of aromatic amines is 1. The summed E-state index contributed by atoms with van der Waals surface area (Å²) in [5, 5.41) is 0.246. The number of rotatable bonds is 1. The lowest BCUT2D eigenvalue weighted by molar-refractivity contribution is 0.478. The lowest BCUT2D eigenvalue weighted by atomic mass is 9.95. The predicted molar refractivity (Wildman–Crippen MR) is 93.9 cm³/mol. The topological polar surface area (TPSA) is 84.1 Å². The van der Waals surface area contributed by atoms with Crippen LogP contribution >= 0.6 is 12.4 Å². The molecule has 2 aliphatic heterocycles. The molecule has 4 rings (SSSR count). The first-order valence-electron chi connectivity index (χ1n) is 7.98. The lowest BCUT2D eigenvalue weighted by Crippen LogP contribution is -2.36. The normalized spacial score (nSPS) is 22.7. The average Bonchev–Trinajstić information content (AvgIpc) is 2.91.